The van der Waals surface area contributed by atoms with Crippen molar-refractivity contribution in [1.82, 2.24) is 0 Å². The molecule has 0 radical (unpaired) electrons. The zero-order chi connectivity index (χ0) is 10.4. The number of hydrogen-bond donors (Lipinski definition) is 0. The van der Waals surface area contributed by atoms with E-state index in [1.807, 2.05) is 30.3 Å². The molecule has 0 spiro atoms. The predicted molar refractivity (Wildman–Crippen MR) is 59.0 cm³/mol. The molecule has 0 saturated carbocycles. The average molecular weight is 194 g/mol. The van der Waals surface area contributed by atoms with Crippen LogP contribution in [0.25, 0.3) is 0 Å². The third kappa shape index (κ3) is 3.79. The van der Waals surface area contributed by atoms with Crippen molar-refractivity contribution in [1.29, 1.82) is 0 Å². The van der Waals surface area contributed by atoms with Crippen molar-refractivity contribution in [2.75, 3.05) is 20.6 Å². The first-order valence-electron chi connectivity index (χ1n) is 5.22. The summed E-state index contributed by atoms with van der Waals surface area (Å²) >= 11 is 0. The fourth-order valence-corrected chi connectivity index (χ4v) is 1.35. The summed E-state index contributed by atoms with van der Waals surface area (Å²) in [4.78, 5) is 5.84. The van der Waals surface area contributed by atoms with Gasteiger partial charge in [0.1, 0.15) is 20.6 Å². The first kappa shape index (κ1) is 11.1. The smallest absolute Gasteiger partial charge is 0.190 e. The van der Waals surface area contributed by atoms with Crippen molar-refractivity contribution in [3.8, 4) is 5.75 Å². The lowest BCUT2D eigenvalue weighted by atomic mass is 10.3. The van der Waals surface area contributed by atoms with Gasteiger partial charge in [-0.15, -0.1) is 4.65 Å². The fraction of sp³-hybridized carbons (Fsp3) is 0.500. The maximum Gasteiger partial charge on any atom is 0.190 e. The zero-order valence-electron chi connectivity index (χ0n) is 9.36. The Kier molecular flexibility index (Phi) is 3.96. The van der Waals surface area contributed by atoms with Gasteiger partial charge in [0.25, 0.3) is 0 Å². The van der Waals surface area contributed by atoms with Gasteiger partial charge >= 0.3 is 0 Å². The topological polar surface area (TPSA) is 9.23 Å². The highest BCUT2D eigenvalue weighted by Crippen LogP contribution is 2.13. The molecule has 0 bridgehead atoms. The molecule has 1 aromatic carbocycles. The van der Waals surface area contributed by atoms with E-state index in [0.29, 0.717) is 4.65 Å². The van der Waals surface area contributed by atoms with Gasteiger partial charge in [-0.3, -0.25) is 0 Å². The molecule has 14 heavy (non-hydrogen) atoms. The molecule has 0 heterocycles. The number of para-hydroxylation sites is 1. The third-order valence-electron chi connectivity index (χ3n) is 2.15. The molecule has 0 fully saturated rings. The van der Waals surface area contributed by atoms with Crippen LogP contribution in [0.3, 0.4) is 0 Å². The standard InChI is InChI=1S/C12H20NO/c1-4-5-11-13(2,3)14-12-9-7-6-8-10-12/h6-10H,4-5,11H2,1-3H3/q+1. The molecule has 1 rings (SSSR count). The summed E-state index contributed by atoms with van der Waals surface area (Å²) in [5.74, 6) is 0.939. The maximum absolute atomic E-state index is 5.84. The van der Waals surface area contributed by atoms with Crippen LogP contribution < -0.4 is 4.84 Å². The van der Waals surface area contributed by atoms with E-state index in [-0.39, 0.29) is 0 Å². The highest BCUT2D eigenvalue weighted by Gasteiger charge is 2.16. The van der Waals surface area contributed by atoms with Crippen LogP contribution in [0.5, 0.6) is 5.75 Å². The van der Waals surface area contributed by atoms with Gasteiger partial charge in [0.15, 0.2) is 5.75 Å². The van der Waals surface area contributed by atoms with Crippen LogP contribution in [0.1, 0.15) is 19.8 Å². The highest BCUT2D eigenvalue weighted by molar-refractivity contribution is 5.20. The number of quaternary nitrogens is 1. The van der Waals surface area contributed by atoms with Crippen LogP contribution in [-0.2, 0) is 0 Å². The van der Waals surface area contributed by atoms with E-state index >= 15 is 0 Å². The Morgan fingerprint density at radius 2 is 1.79 bits per heavy atom. The molecule has 0 aliphatic carbocycles. The van der Waals surface area contributed by atoms with Gasteiger partial charge in [-0.25, -0.2) is 0 Å². The fourth-order valence-electron chi connectivity index (χ4n) is 1.35. The molecule has 2 heteroatoms. The van der Waals surface area contributed by atoms with Crippen molar-refractivity contribution in [3.63, 3.8) is 0 Å². The van der Waals surface area contributed by atoms with E-state index in [4.69, 9.17) is 4.84 Å². The van der Waals surface area contributed by atoms with Crippen molar-refractivity contribution >= 4 is 0 Å². The average Bonchev–Trinajstić information content (AvgIpc) is 2.16. The molecule has 2 nitrogen and oxygen atoms in total. The second-order valence-corrected chi connectivity index (χ2v) is 4.06. The quantitative estimate of drug-likeness (QED) is 0.517. The van der Waals surface area contributed by atoms with Crippen LogP contribution in [0, 0.1) is 0 Å². The SMILES string of the molecule is CCCC[N+](C)(C)Oc1ccccc1. The van der Waals surface area contributed by atoms with Crippen LogP contribution in [0.15, 0.2) is 30.3 Å². The van der Waals surface area contributed by atoms with Gasteiger partial charge in [-0.2, -0.15) is 0 Å². The summed E-state index contributed by atoms with van der Waals surface area (Å²) in [6.07, 6.45) is 2.40. The van der Waals surface area contributed by atoms with Gasteiger partial charge in [0, 0.05) is 0 Å². The molecule has 0 amide bonds. The molecule has 78 valence electrons. The van der Waals surface area contributed by atoms with E-state index in [1.54, 1.807) is 0 Å². The Morgan fingerprint density at radius 3 is 2.36 bits per heavy atom. The maximum atomic E-state index is 5.84. The molecule has 0 aliphatic heterocycles. The predicted octanol–water partition coefficient (Wildman–Crippen LogP) is 2.86. The monoisotopic (exact) mass is 194 g/mol. The molecule has 1 aromatic rings. The lowest BCUT2D eigenvalue weighted by molar-refractivity contribution is -1.05. The van der Waals surface area contributed by atoms with E-state index in [0.717, 1.165) is 12.3 Å². The Balaban J connectivity index is 2.50. The Hall–Kier alpha value is -1.02. The summed E-state index contributed by atoms with van der Waals surface area (Å²) in [5.41, 5.74) is 0. The van der Waals surface area contributed by atoms with Crippen LogP contribution in [0.4, 0.5) is 0 Å². The van der Waals surface area contributed by atoms with Crippen LogP contribution >= 0.6 is 0 Å². The minimum Gasteiger partial charge on any atom is -0.316 e. The Bertz CT molecular complexity index is 256. The molecular formula is C12H20NO+. The summed E-state index contributed by atoms with van der Waals surface area (Å²) in [6, 6.07) is 9.97. The lowest BCUT2D eigenvalue weighted by Crippen LogP contribution is -2.43. The summed E-state index contributed by atoms with van der Waals surface area (Å²) in [5, 5.41) is 0. The molecule has 0 saturated heterocycles. The van der Waals surface area contributed by atoms with Crippen LogP contribution in [-0.4, -0.2) is 25.3 Å². The first-order valence-corrected chi connectivity index (χ1v) is 5.22. The van der Waals surface area contributed by atoms with Gasteiger partial charge in [-0.05, 0) is 18.6 Å². The van der Waals surface area contributed by atoms with E-state index in [9.17, 15) is 0 Å². The number of nitrogens with zero attached hydrogens (tertiary/aromatic N) is 1. The van der Waals surface area contributed by atoms with Crippen molar-refractivity contribution in [2.45, 2.75) is 19.8 Å². The number of hydroxylamine groups is 3. The minimum absolute atomic E-state index is 0.595. The van der Waals surface area contributed by atoms with E-state index in [1.165, 1.54) is 12.8 Å². The van der Waals surface area contributed by atoms with E-state index < -0.39 is 0 Å². The summed E-state index contributed by atoms with van der Waals surface area (Å²) < 4.78 is 0.595. The Morgan fingerprint density at radius 1 is 1.14 bits per heavy atom. The lowest BCUT2D eigenvalue weighted by Gasteiger charge is -2.27. The minimum atomic E-state index is 0.595. The van der Waals surface area contributed by atoms with Crippen LogP contribution in [0.2, 0.25) is 0 Å². The first-order chi connectivity index (χ1) is 6.64. The normalized spacial score (nSPS) is 11.4. The third-order valence-corrected chi connectivity index (χ3v) is 2.15. The van der Waals surface area contributed by atoms with E-state index in [2.05, 4.69) is 21.0 Å². The molecule has 0 aliphatic rings. The molecule has 0 N–H and O–H groups in total. The number of rotatable bonds is 5. The zero-order valence-corrected chi connectivity index (χ0v) is 9.36. The molecule has 0 atom stereocenters. The molecule has 0 aromatic heterocycles. The second kappa shape index (κ2) is 5.01. The van der Waals surface area contributed by atoms with Gasteiger partial charge in [0.2, 0.25) is 0 Å². The summed E-state index contributed by atoms with van der Waals surface area (Å²) in [7, 11) is 4.17. The van der Waals surface area contributed by atoms with Crippen molar-refractivity contribution in [2.24, 2.45) is 0 Å². The highest BCUT2D eigenvalue weighted by atomic mass is 16.7. The number of benzene rings is 1. The van der Waals surface area contributed by atoms with Gasteiger partial charge in [0.05, 0.1) is 0 Å². The molecular weight excluding hydrogens is 174 g/mol. The Labute approximate surface area is 86.7 Å². The van der Waals surface area contributed by atoms with Crippen molar-refractivity contribution < 1.29 is 9.48 Å². The number of unbranched alkanes of at least 4 members (excludes halogenated alkanes) is 1. The molecule has 0 unspecified atom stereocenters. The van der Waals surface area contributed by atoms with Gasteiger partial charge < -0.3 is 4.84 Å². The second-order valence-electron chi connectivity index (χ2n) is 4.06. The number of hydrogen-bond acceptors (Lipinski definition) is 1. The largest absolute Gasteiger partial charge is 0.316 e. The van der Waals surface area contributed by atoms with Gasteiger partial charge in [-0.1, -0.05) is 31.5 Å². The van der Waals surface area contributed by atoms with Crippen molar-refractivity contribution in [3.05, 3.63) is 30.3 Å². The summed E-state index contributed by atoms with van der Waals surface area (Å²) in [6.45, 7) is 3.24.